The van der Waals surface area contributed by atoms with Gasteiger partial charge in [0.05, 0.1) is 30.3 Å². The summed E-state index contributed by atoms with van der Waals surface area (Å²) in [5.41, 5.74) is 3.24. The van der Waals surface area contributed by atoms with Crippen molar-refractivity contribution >= 4 is 35.2 Å². The number of amidine groups is 1. The number of ether oxygens (including phenoxy) is 1. The molecular formula is C21H24N10O2. The van der Waals surface area contributed by atoms with Crippen LogP contribution in [0.1, 0.15) is 21.5 Å². The van der Waals surface area contributed by atoms with E-state index < -0.39 is 12.9 Å². The molecule has 0 atom stereocenters. The number of rotatable bonds is 8. The van der Waals surface area contributed by atoms with Crippen molar-refractivity contribution in [1.29, 1.82) is 0 Å². The molecule has 0 bridgehead atoms. The van der Waals surface area contributed by atoms with Crippen LogP contribution in [0, 0.1) is 0 Å². The van der Waals surface area contributed by atoms with Crippen LogP contribution in [-0.4, -0.2) is 58.8 Å². The molecule has 0 unspecified atom stereocenters. The Morgan fingerprint density at radius 1 is 1.24 bits per heavy atom. The number of aliphatic imine (C=N–C) groups is 2. The van der Waals surface area contributed by atoms with Gasteiger partial charge in [0, 0.05) is 36.1 Å². The van der Waals surface area contributed by atoms with Gasteiger partial charge in [-0.05, 0) is 25.1 Å². The minimum Gasteiger partial charge on any atom is -0.494 e. The quantitative estimate of drug-likeness (QED) is 0.172. The average molecular weight is 452 g/mol. The van der Waals surface area contributed by atoms with E-state index >= 15 is 0 Å². The second kappa shape index (κ2) is 11.2. The largest absolute Gasteiger partial charge is 0.494 e. The Balaban J connectivity index is 2.10. The molecular weight excluding hydrogens is 424 g/mol. The number of nitrogens with one attached hydrogen (secondary N) is 3. The van der Waals surface area contributed by atoms with E-state index in [1.807, 2.05) is 12.2 Å². The first-order valence-corrected chi connectivity index (χ1v) is 9.72. The van der Waals surface area contributed by atoms with E-state index in [0.29, 0.717) is 29.4 Å². The van der Waals surface area contributed by atoms with Crippen LogP contribution in [0.3, 0.4) is 0 Å². The topological polar surface area (TPSA) is 165 Å². The van der Waals surface area contributed by atoms with Crippen molar-refractivity contribution < 1.29 is 13.6 Å². The number of hydrazine groups is 1. The molecule has 12 heteroatoms. The van der Waals surface area contributed by atoms with Gasteiger partial charge in [-0.15, -0.1) is 10.2 Å². The minimum absolute atomic E-state index is 0.0694. The summed E-state index contributed by atoms with van der Waals surface area (Å²) in [7, 11) is 1.47. The third-order valence-electron chi connectivity index (χ3n) is 4.18. The normalized spacial score (nSPS) is 13.1. The zero-order valence-electron chi connectivity index (χ0n) is 20.9. The molecule has 0 fully saturated rings. The first-order chi connectivity index (χ1) is 17.3. The van der Waals surface area contributed by atoms with Crippen LogP contribution in [0.2, 0.25) is 0 Å². The second-order valence-electron chi connectivity index (χ2n) is 6.27. The summed E-state index contributed by atoms with van der Waals surface area (Å²) in [5, 5.41) is 12.8. The molecule has 2 heterocycles. The zero-order valence-corrected chi connectivity index (χ0v) is 17.9. The van der Waals surface area contributed by atoms with Crippen molar-refractivity contribution in [3.63, 3.8) is 0 Å². The fraction of sp³-hybridized carbons (Fsp3) is 0.190. The summed E-state index contributed by atoms with van der Waals surface area (Å²) in [6, 6.07) is 8.30. The summed E-state index contributed by atoms with van der Waals surface area (Å²) >= 11 is 0. The SMILES string of the molecule is [2H]C([2H])([2H])NC(=O)c1nnc(N=C(C=NCC)NN)cc1Nc1cccc(-c2ncccn2)c1OC. The highest BCUT2D eigenvalue weighted by molar-refractivity contribution is 6.29. The standard InChI is InChI=1S/C21H24N10O2/c1-4-24-12-17(29-22)28-16-11-15(18(31-30-16)21(32)23-2)27-14-8-5-7-13(19(14)33-3)20-25-9-6-10-26-20/h5-12H,4,22H2,1-3H3,(H,23,32)(H2,27,28,29,30)/i2D3. The van der Waals surface area contributed by atoms with Gasteiger partial charge < -0.3 is 20.8 Å². The Kier molecular flexibility index (Phi) is 6.56. The third kappa shape index (κ3) is 5.62. The van der Waals surface area contributed by atoms with Crippen LogP contribution in [0.5, 0.6) is 5.75 Å². The molecule has 0 saturated heterocycles. The molecule has 3 aromatic rings. The number of hydrogen-bond acceptors (Lipinski definition) is 10. The highest BCUT2D eigenvalue weighted by atomic mass is 16.5. The predicted molar refractivity (Wildman–Crippen MR) is 126 cm³/mol. The van der Waals surface area contributed by atoms with E-state index in [9.17, 15) is 4.79 Å². The lowest BCUT2D eigenvalue weighted by molar-refractivity contribution is 0.0958. The number of benzene rings is 1. The number of para-hydroxylation sites is 1. The fourth-order valence-electron chi connectivity index (χ4n) is 2.77. The summed E-state index contributed by atoms with van der Waals surface area (Å²) < 4.78 is 27.7. The molecule has 2 aromatic heterocycles. The van der Waals surface area contributed by atoms with Crippen molar-refractivity contribution in [2.75, 3.05) is 25.9 Å². The van der Waals surface area contributed by atoms with E-state index in [0.717, 1.165) is 0 Å². The van der Waals surface area contributed by atoms with Crippen LogP contribution in [-0.2, 0) is 0 Å². The molecule has 0 aliphatic carbocycles. The smallest absolute Gasteiger partial charge is 0.273 e. The molecule has 0 saturated carbocycles. The van der Waals surface area contributed by atoms with Gasteiger partial charge >= 0.3 is 0 Å². The molecule has 5 N–H and O–H groups in total. The number of hydrogen-bond donors (Lipinski definition) is 4. The van der Waals surface area contributed by atoms with E-state index in [1.54, 1.807) is 36.7 Å². The molecule has 170 valence electrons. The van der Waals surface area contributed by atoms with Crippen LogP contribution in [0.4, 0.5) is 17.2 Å². The number of nitrogens with two attached hydrogens (primary N) is 1. The van der Waals surface area contributed by atoms with Gasteiger partial charge in [0.1, 0.15) is 0 Å². The van der Waals surface area contributed by atoms with E-state index in [4.69, 9.17) is 14.7 Å². The highest BCUT2D eigenvalue weighted by Gasteiger charge is 2.18. The zero-order chi connectivity index (χ0) is 26.1. The van der Waals surface area contributed by atoms with Gasteiger partial charge in [-0.3, -0.25) is 9.79 Å². The lowest BCUT2D eigenvalue weighted by Crippen LogP contribution is -2.31. The Labute approximate surface area is 194 Å². The summed E-state index contributed by atoms with van der Waals surface area (Å²) in [4.78, 5) is 29.5. The first kappa shape index (κ1) is 19.3. The van der Waals surface area contributed by atoms with Gasteiger partial charge in [0.25, 0.3) is 5.91 Å². The summed E-state index contributed by atoms with van der Waals surface area (Å²) in [6.07, 6.45) is 4.61. The van der Waals surface area contributed by atoms with Crippen LogP contribution in [0.15, 0.2) is 52.7 Å². The van der Waals surface area contributed by atoms with Crippen molar-refractivity contribution in [2.45, 2.75) is 6.92 Å². The number of anilines is 2. The maximum absolute atomic E-state index is 12.7. The number of methoxy groups -OCH3 is 1. The van der Waals surface area contributed by atoms with Gasteiger partial charge in [-0.1, -0.05) is 6.07 Å². The molecule has 3 rings (SSSR count). The van der Waals surface area contributed by atoms with Gasteiger partial charge in [-0.25, -0.2) is 20.8 Å². The predicted octanol–water partition coefficient (Wildman–Crippen LogP) is 1.63. The van der Waals surface area contributed by atoms with Crippen LogP contribution >= 0.6 is 0 Å². The number of carbonyl (C=O) groups is 1. The number of aromatic nitrogens is 4. The van der Waals surface area contributed by atoms with Crippen LogP contribution in [0.25, 0.3) is 11.4 Å². The van der Waals surface area contributed by atoms with Crippen molar-refractivity contribution in [3.05, 3.63) is 48.4 Å². The molecule has 1 aromatic carbocycles. The Bertz CT molecular complexity index is 1270. The maximum atomic E-state index is 12.7. The Hall–Kier alpha value is -4.45. The average Bonchev–Trinajstić information content (AvgIpc) is 2.86. The van der Waals surface area contributed by atoms with Gasteiger partial charge in [-0.2, -0.15) is 0 Å². The third-order valence-corrected chi connectivity index (χ3v) is 4.18. The lowest BCUT2D eigenvalue weighted by Gasteiger charge is -2.16. The Morgan fingerprint density at radius 3 is 2.76 bits per heavy atom. The monoisotopic (exact) mass is 451 g/mol. The number of carbonyl (C=O) groups excluding carboxylic acids is 1. The van der Waals surface area contributed by atoms with E-state index in [1.165, 1.54) is 19.4 Å². The summed E-state index contributed by atoms with van der Waals surface area (Å²) in [6.45, 7) is -0.385. The molecule has 0 aliphatic heterocycles. The second-order valence-corrected chi connectivity index (χ2v) is 6.27. The highest BCUT2D eigenvalue weighted by Crippen LogP contribution is 2.37. The molecule has 0 aliphatic rings. The van der Waals surface area contributed by atoms with Gasteiger partial charge in [0.2, 0.25) is 0 Å². The van der Waals surface area contributed by atoms with Crippen molar-refractivity contribution in [1.82, 2.24) is 30.9 Å². The molecule has 12 nitrogen and oxygen atoms in total. The van der Waals surface area contributed by atoms with Crippen molar-refractivity contribution in [3.8, 4) is 17.1 Å². The fourth-order valence-corrected chi connectivity index (χ4v) is 2.77. The molecule has 0 spiro atoms. The molecule has 1 amide bonds. The Morgan fingerprint density at radius 2 is 2.06 bits per heavy atom. The maximum Gasteiger partial charge on any atom is 0.273 e. The van der Waals surface area contributed by atoms with E-state index in [2.05, 4.69) is 40.9 Å². The van der Waals surface area contributed by atoms with Crippen LogP contribution < -0.4 is 26.6 Å². The van der Waals surface area contributed by atoms with E-state index in [-0.39, 0.29) is 23.0 Å². The van der Waals surface area contributed by atoms with Crippen molar-refractivity contribution in [2.24, 2.45) is 15.8 Å². The number of amides is 1. The number of nitrogens with zero attached hydrogens (tertiary/aromatic N) is 6. The van der Waals surface area contributed by atoms with Gasteiger partial charge in [0.15, 0.2) is 28.9 Å². The minimum atomic E-state index is -2.73. The molecule has 33 heavy (non-hydrogen) atoms. The lowest BCUT2D eigenvalue weighted by atomic mass is 10.1. The molecule has 0 radical (unpaired) electrons. The summed E-state index contributed by atoms with van der Waals surface area (Å²) in [5.74, 6) is 5.59. The first-order valence-electron chi connectivity index (χ1n) is 11.2.